The number of carbonyl (C=O) groups excluding carboxylic acids is 1. The van der Waals surface area contributed by atoms with Crippen LogP contribution in [0.15, 0.2) is 40.6 Å². The lowest BCUT2D eigenvalue weighted by Gasteiger charge is -2.05. The van der Waals surface area contributed by atoms with Crippen LogP contribution in [0.25, 0.3) is 0 Å². The molecule has 0 bridgehead atoms. The van der Waals surface area contributed by atoms with Crippen LogP contribution in [0, 0.1) is 11.8 Å². The Kier molecular flexibility index (Phi) is 6.84. The van der Waals surface area contributed by atoms with Crippen molar-refractivity contribution in [3.8, 4) is 17.6 Å². The van der Waals surface area contributed by atoms with Crippen molar-refractivity contribution in [2.45, 2.75) is 11.1 Å². The number of sulfonamides is 1. The molecule has 1 amide bonds. The summed E-state index contributed by atoms with van der Waals surface area (Å²) >= 11 is 6.70. The Morgan fingerprint density at radius 2 is 2.08 bits per heavy atom. The normalized spacial score (nSPS) is 10.6. The second kappa shape index (κ2) is 8.87. The van der Waals surface area contributed by atoms with Gasteiger partial charge in [0.05, 0.1) is 10.9 Å². The summed E-state index contributed by atoms with van der Waals surface area (Å²) in [5.74, 6) is 5.77. The summed E-state index contributed by atoms with van der Waals surface area (Å²) in [6, 6.07) is 9.85. The van der Waals surface area contributed by atoms with E-state index >= 15 is 0 Å². The maximum atomic E-state index is 11.9. The van der Waals surface area contributed by atoms with E-state index in [2.05, 4.69) is 21.9 Å². The third-order valence-electron chi connectivity index (χ3n) is 2.75. The fourth-order valence-corrected chi connectivity index (χ4v) is 4.19. The van der Waals surface area contributed by atoms with Crippen LogP contribution in [0.5, 0.6) is 5.75 Å². The first-order valence-corrected chi connectivity index (χ1v) is 9.76. The highest BCUT2D eigenvalue weighted by Gasteiger charge is 2.15. The summed E-state index contributed by atoms with van der Waals surface area (Å²) < 4.78 is 32.2. The highest BCUT2D eigenvalue weighted by Crippen LogP contribution is 2.25. The Bertz CT molecular complexity index is 913. The Morgan fingerprint density at radius 3 is 2.76 bits per heavy atom. The Morgan fingerprint density at radius 1 is 1.28 bits per heavy atom. The van der Waals surface area contributed by atoms with Gasteiger partial charge in [-0.25, -0.2) is 8.42 Å². The van der Waals surface area contributed by atoms with Gasteiger partial charge in [-0.2, -0.15) is 4.72 Å². The third-order valence-corrected chi connectivity index (χ3v) is 5.88. The summed E-state index contributed by atoms with van der Waals surface area (Å²) in [5.41, 5.74) is 0.625. The number of anilines is 1. The van der Waals surface area contributed by atoms with Crippen LogP contribution in [0.2, 0.25) is 4.34 Å². The molecular weight excluding hydrogens is 384 g/mol. The predicted octanol–water partition coefficient (Wildman–Crippen LogP) is 2.72. The topological polar surface area (TPSA) is 84.5 Å². The average Bonchev–Trinajstić information content (AvgIpc) is 2.98. The van der Waals surface area contributed by atoms with E-state index in [-0.39, 0.29) is 23.3 Å². The number of carbonyl (C=O) groups is 1. The molecule has 132 valence electrons. The molecule has 0 aliphatic carbocycles. The van der Waals surface area contributed by atoms with E-state index in [0.29, 0.717) is 15.8 Å². The van der Waals surface area contributed by atoms with Crippen LogP contribution in [0.3, 0.4) is 0 Å². The Hall–Kier alpha value is -2.05. The van der Waals surface area contributed by atoms with Crippen LogP contribution >= 0.6 is 22.9 Å². The van der Waals surface area contributed by atoms with Gasteiger partial charge in [0.2, 0.25) is 5.91 Å². The zero-order valence-electron chi connectivity index (χ0n) is 13.2. The summed E-state index contributed by atoms with van der Waals surface area (Å²) in [5, 5.41) is 2.65. The van der Waals surface area contributed by atoms with Crippen molar-refractivity contribution in [1.82, 2.24) is 4.72 Å². The van der Waals surface area contributed by atoms with E-state index in [1.54, 1.807) is 24.3 Å². The molecule has 0 radical (unpaired) electrons. The van der Waals surface area contributed by atoms with Gasteiger partial charge in [-0.1, -0.05) is 29.5 Å². The van der Waals surface area contributed by atoms with E-state index in [9.17, 15) is 13.2 Å². The number of hydrogen-bond acceptors (Lipinski definition) is 5. The molecule has 1 aromatic carbocycles. The van der Waals surface area contributed by atoms with Gasteiger partial charge in [0.1, 0.15) is 16.6 Å². The number of ether oxygens (including phenoxy) is 1. The minimum absolute atomic E-state index is 0.0346. The number of halogens is 1. The molecule has 0 aliphatic rings. The molecule has 2 N–H and O–H groups in total. The number of nitrogens with one attached hydrogen (secondary N) is 2. The third kappa shape index (κ3) is 6.40. The van der Waals surface area contributed by atoms with Crippen molar-refractivity contribution in [3.63, 3.8) is 0 Å². The number of benzene rings is 1. The lowest BCUT2D eigenvalue weighted by Crippen LogP contribution is -2.23. The Labute approximate surface area is 155 Å². The quantitative estimate of drug-likeness (QED) is 0.733. The molecule has 9 heteroatoms. The van der Waals surface area contributed by atoms with E-state index in [1.165, 1.54) is 19.1 Å². The largest absolute Gasteiger partial charge is 0.481 e. The van der Waals surface area contributed by atoms with Gasteiger partial charge in [0, 0.05) is 18.7 Å². The van der Waals surface area contributed by atoms with E-state index in [4.69, 9.17) is 16.3 Å². The average molecular weight is 399 g/mol. The lowest BCUT2D eigenvalue weighted by atomic mass is 10.3. The highest BCUT2D eigenvalue weighted by atomic mass is 35.5. The van der Waals surface area contributed by atoms with Gasteiger partial charge in [-0.15, -0.1) is 11.3 Å². The highest BCUT2D eigenvalue weighted by molar-refractivity contribution is 7.91. The minimum atomic E-state index is -3.60. The Balaban J connectivity index is 1.80. The second-order valence-electron chi connectivity index (χ2n) is 4.73. The van der Waals surface area contributed by atoms with Gasteiger partial charge in [0.25, 0.3) is 10.0 Å². The molecule has 0 fully saturated rings. The lowest BCUT2D eigenvalue weighted by molar-refractivity contribution is -0.114. The summed E-state index contributed by atoms with van der Waals surface area (Å²) in [6.07, 6.45) is 0. The molecule has 0 saturated heterocycles. The SMILES string of the molecule is CC(=O)Nc1cccc(OCC#CCNS(=O)(=O)c2ccc(Cl)s2)c1. The number of amides is 1. The van der Waals surface area contributed by atoms with Crippen molar-refractivity contribution in [1.29, 1.82) is 0 Å². The van der Waals surface area contributed by atoms with E-state index < -0.39 is 10.0 Å². The van der Waals surface area contributed by atoms with Crippen LogP contribution in [-0.4, -0.2) is 27.5 Å². The predicted molar refractivity (Wildman–Crippen MR) is 98.5 cm³/mol. The second-order valence-corrected chi connectivity index (χ2v) is 8.44. The summed E-state index contributed by atoms with van der Waals surface area (Å²) in [4.78, 5) is 11.0. The summed E-state index contributed by atoms with van der Waals surface area (Å²) in [7, 11) is -3.60. The minimum Gasteiger partial charge on any atom is -0.481 e. The van der Waals surface area contributed by atoms with Gasteiger partial charge >= 0.3 is 0 Å². The molecule has 0 aliphatic heterocycles. The molecule has 25 heavy (non-hydrogen) atoms. The van der Waals surface area contributed by atoms with Crippen molar-refractivity contribution in [2.75, 3.05) is 18.5 Å². The zero-order chi connectivity index (χ0) is 18.3. The molecular formula is C16H15ClN2O4S2. The fourth-order valence-electron chi connectivity index (χ4n) is 1.74. The van der Waals surface area contributed by atoms with Gasteiger partial charge < -0.3 is 10.1 Å². The first-order chi connectivity index (χ1) is 11.9. The van der Waals surface area contributed by atoms with Gasteiger partial charge in [-0.05, 0) is 24.3 Å². The number of rotatable bonds is 6. The molecule has 1 heterocycles. The molecule has 2 rings (SSSR count). The molecule has 0 unspecified atom stereocenters. The van der Waals surface area contributed by atoms with E-state index in [0.717, 1.165) is 11.3 Å². The molecule has 0 atom stereocenters. The van der Waals surface area contributed by atoms with Crippen molar-refractivity contribution >= 4 is 44.6 Å². The summed E-state index contributed by atoms with van der Waals surface area (Å²) in [6.45, 7) is 1.48. The number of thiophene rings is 1. The number of hydrogen-bond donors (Lipinski definition) is 2. The smallest absolute Gasteiger partial charge is 0.250 e. The standard InChI is InChI=1S/C16H15ClN2O4S2/c1-12(20)19-13-5-4-6-14(11-13)23-10-3-2-9-18-25(21,22)16-8-7-15(17)24-16/h4-8,11,18H,9-10H2,1H3,(H,19,20). The van der Waals surface area contributed by atoms with Crippen molar-refractivity contribution < 1.29 is 17.9 Å². The molecule has 1 aromatic heterocycles. The first-order valence-electron chi connectivity index (χ1n) is 7.08. The molecule has 0 saturated carbocycles. The van der Waals surface area contributed by atoms with Crippen LogP contribution < -0.4 is 14.8 Å². The molecule has 6 nitrogen and oxygen atoms in total. The van der Waals surface area contributed by atoms with Gasteiger partial charge in [-0.3, -0.25) is 4.79 Å². The first kappa shape index (κ1) is 19.3. The maximum absolute atomic E-state index is 11.9. The van der Waals surface area contributed by atoms with Crippen molar-refractivity contribution in [2.24, 2.45) is 0 Å². The van der Waals surface area contributed by atoms with E-state index in [1.807, 2.05) is 0 Å². The molecule has 2 aromatic rings. The van der Waals surface area contributed by atoms with Crippen LogP contribution in [-0.2, 0) is 14.8 Å². The molecule has 0 spiro atoms. The van der Waals surface area contributed by atoms with Gasteiger partial charge in [0.15, 0.2) is 0 Å². The monoisotopic (exact) mass is 398 g/mol. The maximum Gasteiger partial charge on any atom is 0.250 e. The fraction of sp³-hybridized carbons (Fsp3) is 0.188. The van der Waals surface area contributed by atoms with Crippen molar-refractivity contribution in [3.05, 3.63) is 40.7 Å². The van der Waals surface area contributed by atoms with Crippen LogP contribution in [0.1, 0.15) is 6.92 Å². The van der Waals surface area contributed by atoms with Crippen LogP contribution in [0.4, 0.5) is 5.69 Å². The zero-order valence-corrected chi connectivity index (χ0v) is 15.6.